The zero-order valence-electron chi connectivity index (χ0n) is 21.3. The lowest BCUT2D eigenvalue weighted by Gasteiger charge is -2.37. The molecule has 0 aliphatic heterocycles. The minimum atomic E-state index is -4.43. The van der Waals surface area contributed by atoms with Crippen molar-refractivity contribution in [1.82, 2.24) is 9.55 Å². The number of halogens is 2. The van der Waals surface area contributed by atoms with Crippen LogP contribution in [-0.4, -0.2) is 46.8 Å². The number of aromatic nitrogens is 2. The number of carboxylic acid groups (broad SMARTS) is 1. The molecule has 2 N–H and O–H groups in total. The molecule has 2 heterocycles. The maximum atomic E-state index is 14.0. The smallest absolute Gasteiger partial charge is 0.328 e. The fraction of sp³-hybridized carbons (Fsp3) is 0.214. The first-order chi connectivity index (χ1) is 18.3. The van der Waals surface area contributed by atoms with E-state index in [0.29, 0.717) is 22.3 Å². The summed E-state index contributed by atoms with van der Waals surface area (Å²) in [5.41, 5.74) is 0.556. The molecule has 0 aliphatic rings. The van der Waals surface area contributed by atoms with Gasteiger partial charge in [-0.3, -0.25) is 4.31 Å². The third-order valence-corrected chi connectivity index (χ3v) is 8.12. The van der Waals surface area contributed by atoms with Gasteiger partial charge in [-0.05, 0) is 60.0 Å². The number of carbonyl (C=O) groups is 1. The number of anilines is 1. The van der Waals surface area contributed by atoms with E-state index < -0.39 is 27.4 Å². The third kappa shape index (κ3) is 5.89. The molecule has 1 unspecified atom stereocenters. The van der Waals surface area contributed by atoms with Gasteiger partial charge in [0.25, 0.3) is 10.0 Å². The Hall–Kier alpha value is -3.55. The molecule has 2 aromatic heterocycles. The molecule has 0 saturated carbocycles. The van der Waals surface area contributed by atoms with Gasteiger partial charge in [0.05, 0.1) is 16.1 Å². The van der Waals surface area contributed by atoms with Crippen molar-refractivity contribution < 1.29 is 23.4 Å². The Balaban J connectivity index is 1.90. The van der Waals surface area contributed by atoms with E-state index in [9.17, 15) is 18.3 Å². The average Bonchev–Trinajstić information content (AvgIpc) is 3.27. The van der Waals surface area contributed by atoms with Crippen LogP contribution in [0.2, 0.25) is 10.0 Å². The predicted octanol–water partition coefficient (Wildman–Crippen LogP) is 5.37. The van der Waals surface area contributed by atoms with E-state index >= 15 is 0 Å². The Morgan fingerprint density at radius 1 is 1.08 bits per heavy atom. The van der Waals surface area contributed by atoms with E-state index in [1.807, 2.05) is 0 Å². The molecule has 4 aromatic rings. The zero-order chi connectivity index (χ0) is 28.5. The largest absolute Gasteiger partial charge is 0.480 e. The topological polar surface area (TPSA) is 113 Å². The molecule has 0 spiro atoms. The van der Waals surface area contributed by atoms with Crippen LogP contribution in [0.4, 0.5) is 5.69 Å². The number of aliphatic hydroxyl groups excluding tert-OH is 1. The fourth-order valence-electron chi connectivity index (χ4n) is 4.28. The van der Waals surface area contributed by atoms with Crippen LogP contribution in [-0.2, 0) is 14.8 Å². The summed E-state index contributed by atoms with van der Waals surface area (Å²) < 4.78 is 30.7. The molecule has 2 aromatic carbocycles. The standard InChI is InChI=1S/C28H25Cl2N3O5S/c1-28(2,3)26(27(35)36)33(39(37,38)23-16-20(29)15-21(30)17-23)22-6-7-24-19(14-22)9-11-32(24)25-13-18(5-4-12-34)8-10-31-25/h6-11,13-17,26,34H,12H2,1-3H3,(H,35,36). The highest BCUT2D eigenvalue weighted by molar-refractivity contribution is 7.93. The van der Waals surface area contributed by atoms with Crippen LogP contribution < -0.4 is 4.31 Å². The monoisotopic (exact) mass is 585 g/mol. The number of carboxylic acids is 1. The second-order valence-corrected chi connectivity index (χ2v) is 12.5. The molecule has 1 atom stereocenters. The van der Waals surface area contributed by atoms with E-state index in [1.165, 1.54) is 18.2 Å². The van der Waals surface area contributed by atoms with Crippen LogP contribution in [0, 0.1) is 17.3 Å². The highest BCUT2D eigenvalue weighted by Crippen LogP contribution is 2.37. The molecule has 0 saturated heterocycles. The minimum Gasteiger partial charge on any atom is -0.480 e. The first-order valence-electron chi connectivity index (χ1n) is 11.7. The van der Waals surface area contributed by atoms with E-state index in [2.05, 4.69) is 16.8 Å². The Morgan fingerprint density at radius 2 is 1.77 bits per heavy atom. The predicted molar refractivity (Wildman–Crippen MR) is 152 cm³/mol. The maximum absolute atomic E-state index is 14.0. The normalized spacial score (nSPS) is 12.6. The molecule has 0 fully saturated rings. The third-order valence-electron chi connectivity index (χ3n) is 5.91. The number of nitrogens with zero attached hydrogens (tertiary/aromatic N) is 3. The molecule has 8 nitrogen and oxygen atoms in total. The molecule has 0 amide bonds. The van der Waals surface area contributed by atoms with Crippen molar-refractivity contribution in [2.75, 3.05) is 10.9 Å². The van der Waals surface area contributed by atoms with Gasteiger partial charge in [-0.15, -0.1) is 0 Å². The number of fused-ring (bicyclic) bond motifs is 1. The van der Waals surface area contributed by atoms with Crippen LogP contribution in [0.3, 0.4) is 0 Å². The summed E-state index contributed by atoms with van der Waals surface area (Å²) in [5, 5.41) is 20.1. The van der Waals surface area contributed by atoms with Crippen LogP contribution in [0.1, 0.15) is 26.3 Å². The Kier molecular flexibility index (Phi) is 7.96. The summed E-state index contributed by atoms with van der Waals surface area (Å²) in [6.07, 6.45) is 3.37. The number of hydrogen-bond acceptors (Lipinski definition) is 5. The Morgan fingerprint density at radius 3 is 2.38 bits per heavy atom. The second kappa shape index (κ2) is 10.9. The van der Waals surface area contributed by atoms with E-state index in [0.717, 1.165) is 4.31 Å². The first-order valence-corrected chi connectivity index (χ1v) is 13.9. The van der Waals surface area contributed by atoms with Gasteiger partial charge in [0.1, 0.15) is 18.5 Å². The number of aliphatic hydroxyl groups is 1. The molecule has 202 valence electrons. The second-order valence-electron chi connectivity index (χ2n) is 9.80. The molecule has 39 heavy (non-hydrogen) atoms. The molecule has 0 bridgehead atoms. The van der Waals surface area contributed by atoms with Gasteiger partial charge >= 0.3 is 5.97 Å². The van der Waals surface area contributed by atoms with Crippen LogP contribution in [0.15, 0.2) is 71.9 Å². The summed E-state index contributed by atoms with van der Waals surface area (Å²) in [5.74, 6) is 4.71. The number of pyridine rings is 1. The molecule has 0 radical (unpaired) electrons. The van der Waals surface area contributed by atoms with Crippen molar-refractivity contribution in [2.24, 2.45) is 5.41 Å². The SMILES string of the molecule is CC(C)(C)C(C(=O)O)N(c1ccc2c(ccn2-c2cc(C#CCO)ccn2)c1)S(=O)(=O)c1cc(Cl)cc(Cl)c1. The van der Waals surface area contributed by atoms with Crippen molar-refractivity contribution in [1.29, 1.82) is 0 Å². The number of aliphatic carboxylic acids is 1. The van der Waals surface area contributed by atoms with Gasteiger partial charge < -0.3 is 14.8 Å². The van der Waals surface area contributed by atoms with Crippen molar-refractivity contribution in [3.05, 3.63) is 82.6 Å². The molecular weight excluding hydrogens is 561 g/mol. The molecule has 4 rings (SSSR count). The quantitative estimate of drug-likeness (QED) is 0.294. The zero-order valence-corrected chi connectivity index (χ0v) is 23.6. The summed E-state index contributed by atoms with van der Waals surface area (Å²) >= 11 is 12.2. The van der Waals surface area contributed by atoms with Gasteiger partial charge in [0.15, 0.2) is 0 Å². The lowest BCUT2D eigenvalue weighted by atomic mass is 9.86. The molecular formula is C28H25Cl2N3O5S. The fourth-order valence-corrected chi connectivity index (χ4v) is 6.79. The summed E-state index contributed by atoms with van der Waals surface area (Å²) in [4.78, 5) is 16.7. The lowest BCUT2D eigenvalue weighted by molar-refractivity contribution is -0.140. The minimum absolute atomic E-state index is 0.106. The maximum Gasteiger partial charge on any atom is 0.328 e. The number of rotatable bonds is 6. The van der Waals surface area contributed by atoms with Crippen molar-refractivity contribution >= 4 is 55.8 Å². The number of benzene rings is 2. The Labute approximate surface area is 236 Å². The number of sulfonamides is 1. The van der Waals surface area contributed by atoms with E-state index in [-0.39, 0.29) is 27.2 Å². The van der Waals surface area contributed by atoms with Crippen LogP contribution in [0.25, 0.3) is 16.7 Å². The van der Waals surface area contributed by atoms with E-state index in [4.69, 9.17) is 28.3 Å². The van der Waals surface area contributed by atoms with Gasteiger partial charge in [0.2, 0.25) is 0 Å². The summed E-state index contributed by atoms with van der Waals surface area (Å²) in [6, 6.07) is 12.6. The highest BCUT2D eigenvalue weighted by atomic mass is 35.5. The van der Waals surface area contributed by atoms with E-state index in [1.54, 1.807) is 74.1 Å². The van der Waals surface area contributed by atoms with Crippen LogP contribution in [0.5, 0.6) is 0 Å². The average molecular weight is 586 g/mol. The van der Waals surface area contributed by atoms with Gasteiger partial charge in [0, 0.05) is 33.4 Å². The Bertz CT molecular complexity index is 1710. The molecule has 0 aliphatic carbocycles. The van der Waals surface area contributed by atoms with Gasteiger partial charge in [-0.2, -0.15) is 0 Å². The van der Waals surface area contributed by atoms with Crippen LogP contribution >= 0.6 is 23.2 Å². The lowest BCUT2D eigenvalue weighted by Crippen LogP contribution is -2.52. The van der Waals surface area contributed by atoms with Crippen molar-refractivity contribution in [3.8, 4) is 17.7 Å². The molecule has 11 heteroatoms. The highest BCUT2D eigenvalue weighted by Gasteiger charge is 2.43. The van der Waals surface area contributed by atoms with Gasteiger partial charge in [-0.25, -0.2) is 18.2 Å². The summed E-state index contributed by atoms with van der Waals surface area (Å²) in [6.45, 7) is 4.71. The number of hydrogen-bond donors (Lipinski definition) is 2. The van der Waals surface area contributed by atoms with Crippen molar-refractivity contribution in [2.45, 2.75) is 31.7 Å². The summed E-state index contributed by atoms with van der Waals surface area (Å²) in [7, 11) is -4.43. The van der Waals surface area contributed by atoms with Gasteiger partial charge in [-0.1, -0.05) is 55.8 Å². The van der Waals surface area contributed by atoms with Crippen molar-refractivity contribution in [3.63, 3.8) is 0 Å². The first kappa shape index (κ1) is 28.5.